The van der Waals surface area contributed by atoms with Gasteiger partial charge >= 0.3 is 0 Å². The monoisotopic (exact) mass is 328 g/mol. The maximum absolute atomic E-state index is 12.0. The van der Waals surface area contributed by atoms with E-state index in [1.807, 2.05) is 19.1 Å². The van der Waals surface area contributed by atoms with Crippen LogP contribution in [0, 0.1) is 18.8 Å². The number of ether oxygens (including phenoxy) is 1. The molecule has 3 nitrogen and oxygen atoms in total. The van der Waals surface area contributed by atoms with Crippen molar-refractivity contribution in [1.82, 2.24) is 0 Å². The third-order valence-electron chi connectivity index (χ3n) is 3.04. The highest BCUT2D eigenvalue weighted by Gasteiger charge is 2.28. The van der Waals surface area contributed by atoms with E-state index in [-0.39, 0.29) is 12.4 Å². The number of sulfone groups is 1. The summed E-state index contributed by atoms with van der Waals surface area (Å²) in [6.45, 7) is 7.15. The summed E-state index contributed by atoms with van der Waals surface area (Å²) in [4.78, 5) is 0. The molecule has 0 saturated heterocycles. The van der Waals surface area contributed by atoms with Crippen molar-refractivity contribution in [2.45, 2.75) is 32.4 Å². The number of benzene rings is 1. The van der Waals surface area contributed by atoms with E-state index in [0.717, 1.165) is 11.1 Å². The Morgan fingerprint density at radius 3 is 2.48 bits per heavy atom. The van der Waals surface area contributed by atoms with Crippen LogP contribution in [0.15, 0.2) is 18.2 Å². The molecule has 0 aromatic heterocycles. The van der Waals surface area contributed by atoms with E-state index in [1.165, 1.54) is 0 Å². The van der Waals surface area contributed by atoms with Gasteiger partial charge in [-0.05, 0) is 51.5 Å². The van der Waals surface area contributed by atoms with Gasteiger partial charge in [-0.3, -0.25) is 0 Å². The molecule has 5 heteroatoms. The minimum atomic E-state index is -3.16. The van der Waals surface area contributed by atoms with E-state index in [1.54, 1.807) is 26.8 Å². The van der Waals surface area contributed by atoms with Crippen LogP contribution in [0.2, 0.25) is 0 Å². The van der Waals surface area contributed by atoms with Gasteiger partial charge in [0.15, 0.2) is 9.84 Å². The predicted molar refractivity (Wildman–Crippen MR) is 87.8 cm³/mol. The Hall–Kier alpha value is -1.18. The molecule has 21 heavy (non-hydrogen) atoms. The molecule has 0 aliphatic carbocycles. The van der Waals surface area contributed by atoms with Gasteiger partial charge in [0.1, 0.15) is 12.4 Å². The van der Waals surface area contributed by atoms with Gasteiger partial charge in [0.25, 0.3) is 0 Å². The van der Waals surface area contributed by atoms with Gasteiger partial charge in [0.2, 0.25) is 0 Å². The third-order valence-corrected chi connectivity index (χ3v) is 5.75. The van der Waals surface area contributed by atoms with Crippen molar-refractivity contribution in [2.75, 3.05) is 18.2 Å². The molecule has 0 unspecified atom stereocenters. The molecule has 0 radical (unpaired) electrons. The average molecular weight is 329 g/mol. The first kappa shape index (κ1) is 17.9. The van der Waals surface area contributed by atoms with Gasteiger partial charge in [-0.25, -0.2) is 8.42 Å². The van der Waals surface area contributed by atoms with Crippen LogP contribution in [0.25, 0.3) is 0 Å². The molecule has 1 aromatic carbocycles. The van der Waals surface area contributed by atoms with Crippen LogP contribution in [-0.4, -0.2) is 31.4 Å². The lowest BCUT2D eigenvalue weighted by molar-refractivity contribution is 0.339. The quantitative estimate of drug-likeness (QED) is 0.630. The molecular weight excluding hydrogens is 308 g/mol. The van der Waals surface area contributed by atoms with E-state index in [0.29, 0.717) is 11.6 Å². The molecule has 116 valence electrons. The molecule has 0 fully saturated rings. The van der Waals surface area contributed by atoms with Crippen molar-refractivity contribution in [3.63, 3.8) is 0 Å². The summed E-state index contributed by atoms with van der Waals surface area (Å²) in [6.07, 6.45) is 0. The van der Waals surface area contributed by atoms with Crippen molar-refractivity contribution in [3.8, 4) is 17.6 Å². The van der Waals surface area contributed by atoms with E-state index in [2.05, 4.69) is 11.8 Å². The number of hydrogen-bond acceptors (Lipinski definition) is 3. The fourth-order valence-corrected chi connectivity index (χ4v) is 2.55. The van der Waals surface area contributed by atoms with Gasteiger partial charge in [0.05, 0.1) is 16.4 Å². The largest absolute Gasteiger partial charge is 0.493 e. The summed E-state index contributed by atoms with van der Waals surface area (Å²) < 4.78 is 28.7. The SMILES string of the molecule is Cc1cc(OCCS(=O)(=O)C(C)(C)C)ccc1C#CCCl. The highest BCUT2D eigenvalue weighted by Crippen LogP contribution is 2.19. The minimum Gasteiger partial charge on any atom is -0.493 e. The van der Waals surface area contributed by atoms with Crippen molar-refractivity contribution < 1.29 is 13.2 Å². The van der Waals surface area contributed by atoms with Crippen molar-refractivity contribution in [3.05, 3.63) is 29.3 Å². The van der Waals surface area contributed by atoms with Gasteiger partial charge in [-0.15, -0.1) is 11.6 Å². The number of rotatable bonds is 4. The lowest BCUT2D eigenvalue weighted by atomic mass is 10.1. The van der Waals surface area contributed by atoms with E-state index in [4.69, 9.17) is 16.3 Å². The molecular formula is C16H21ClO3S. The van der Waals surface area contributed by atoms with Crippen molar-refractivity contribution in [2.24, 2.45) is 0 Å². The minimum absolute atomic E-state index is 0.00333. The number of alkyl halides is 1. The average Bonchev–Trinajstić information content (AvgIpc) is 2.36. The zero-order chi connectivity index (χ0) is 16.1. The third kappa shape index (κ3) is 5.26. The zero-order valence-electron chi connectivity index (χ0n) is 12.9. The van der Waals surface area contributed by atoms with Crippen LogP contribution in [0.1, 0.15) is 31.9 Å². The zero-order valence-corrected chi connectivity index (χ0v) is 14.4. The first-order valence-corrected chi connectivity index (χ1v) is 8.86. The van der Waals surface area contributed by atoms with Crippen LogP contribution >= 0.6 is 11.6 Å². The van der Waals surface area contributed by atoms with Crippen LogP contribution < -0.4 is 4.74 Å². The Labute approximate surface area is 132 Å². The topological polar surface area (TPSA) is 43.4 Å². The molecule has 0 spiro atoms. The summed E-state index contributed by atoms with van der Waals surface area (Å²) >= 11 is 5.53. The molecule has 0 aliphatic rings. The first-order chi connectivity index (χ1) is 9.67. The molecule has 1 aromatic rings. The Morgan fingerprint density at radius 2 is 1.95 bits per heavy atom. The fraction of sp³-hybridized carbons (Fsp3) is 0.500. The first-order valence-electron chi connectivity index (χ1n) is 6.68. The van der Waals surface area contributed by atoms with Gasteiger partial charge in [-0.2, -0.15) is 0 Å². The highest BCUT2D eigenvalue weighted by molar-refractivity contribution is 7.92. The van der Waals surface area contributed by atoms with Gasteiger partial charge in [-0.1, -0.05) is 11.8 Å². The number of halogens is 1. The van der Waals surface area contributed by atoms with Crippen molar-refractivity contribution in [1.29, 1.82) is 0 Å². The maximum Gasteiger partial charge on any atom is 0.158 e. The Morgan fingerprint density at radius 1 is 1.29 bits per heavy atom. The standard InChI is InChI=1S/C16H21ClO3S/c1-13-12-15(8-7-14(13)6-5-9-17)20-10-11-21(18,19)16(2,3)4/h7-8,12H,9-11H2,1-4H3. The molecule has 0 heterocycles. The molecule has 0 saturated carbocycles. The van der Waals surface area contributed by atoms with Gasteiger partial charge in [0, 0.05) is 5.56 Å². The smallest absolute Gasteiger partial charge is 0.158 e. The molecule has 0 bridgehead atoms. The lowest BCUT2D eigenvalue weighted by Crippen LogP contribution is -2.32. The van der Waals surface area contributed by atoms with E-state index >= 15 is 0 Å². The molecule has 0 aliphatic heterocycles. The van der Waals surface area contributed by atoms with Crippen LogP contribution in [0.3, 0.4) is 0 Å². The lowest BCUT2D eigenvalue weighted by Gasteiger charge is -2.19. The number of hydrogen-bond donors (Lipinski definition) is 0. The normalized spacial score (nSPS) is 11.7. The summed E-state index contributed by atoms with van der Waals surface area (Å²) in [7, 11) is -3.16. The molecule has 0 amide bonds. The molecule has 0 atom stereocenters. The highest BCUT2D eigenvalue weighted by atomic mass is 35.5. The predicted octanol–water partition coefficient (Wildman–Crippen LogP) is 3.18. The molecule has 0 N–H and O–H groups in total. The fourth-order valence-electron chi connectivity index (χ4n) is 1.57. The van der Waals surface area contributed by atoms with E-state index in [9.17, 15) is 8.42 Å². The summed E-state index contributed by atoms with van der Waals surface area (Å²) in [5.41, 5.74) is 1.87. The van der Waals surface area contributed by atoms with Crippen molar-refractivity contribution >= 4 is 21.4 Å². The van der Waals surface area contributed by atoms with Crippen LogP contribution in [0.5, 0.6) is 5.75 Å². The van der Waals surface area contributed by atoms with Crippen LogP contribution in [-0.2, 0) is 9.84 Å². The van der Waals surface area contributed by atoms with Gasteiger partial charge < -0.3 is 4.74 Å². The Balaban J connectivity index is 2.68. The number of aryl methyl sites for hydroxylation is 1. The second kappa shape index (κ2) is 7.20. The summed E-state index contributed by atoms with van der Waals surface area (Å²) in [5, 5.41) is 0. The second-order valence-corrected chi connectivity index (χ2v) is 8.82. The summed E-state index contributed by atoms with van der Waals surface area (Å²) in [5.74, 6) is 6.70. The van der Waals surface area contributed by atoms with E-state index < -0.39 is 14.6 Å². The Bertz CT molecular complexity index is 646. The molecule has 1 rings (SSSR count). The second-order valence-electron chi connectivity index (χ2n) is 5.69. The maximum atomic E-state index is 12.0. The summed E-state index contributed by atoms with van der Waals surface area (Å²) in [6, 6.07) is 5.49. The van der Waals surface area contributed by atoms with Crippen LogP contribution in [0.4, 0.5) is 0 Å². The Kier molecular flexibility index (Phi) is 6.12.